The van der Waals surface area contributed by atoms with Gasteiger partial charge >= 0.3 is 0 Å². The zero-order chi connectivity index (χ0) is 9.97. The number of aromatic nitrogens is 2. The zero-order valence-corrected chi connectivity index (χ0v) is 8.70. The summed E-state index contributed by atoms with van der Waals surface area (Å²) in [7, 11) is 0. The third-order valence-corrected chi connectivity index (χ3v) is 2.63. The van der Waals surface area contributed by atoms with Crippen LogP contribution in [-0.4, -0.2) is 40.5 Å². The summed E-state index contributed by atoms with van der Waals surface area (Å²) in [5.74, 6) is 0.924. The van der Waals surface area contributed by atoms with Crippen LogP contribution < -0.4 is 5.32 Å². The van der Waals surface area contributed by atoms with Crippen LogP contribution in [0.5, 0.6) is 0 Å². The van der Waals surface area contributed by atoms with Gasteiger partial charge in [-0.1, -0.05) is 6.92 Å². The van der Waals surface area contributed by atoms with Gasteiger partial charge in [0.2, 0.25) is 0 Å². The van der Waals surface area contributed by atoms with Gasteiger partial charge in [0, 0.05) is 25.5 Å². The molecule has 0 atom stereocenters. The minimum Gasteiger partial charge on any atom is -0.363 e. The summed E-state index contributed by atoms with van der Waals surface area (Å²) in [6.45, 7) is 7.53. The Balaban J connectivity index is 1.90. The van der Waals surface area contributed by atoms with Gasteiger partial charge in [0.25, 0.3) is 0 Å². The van der Waals surface area contributed by atoms with Gasteiger partial charge in [-0.2, -0.15) is 0 Å². The summed E-state index contributed by atoms with van der Waals surface area (Å²) in [6.07, 6.45) is 3.45. The Morgan fingerprint density at radius 2 is 2.14 bits per heavy atom. The molecule has 1 aromatic heterocycles. The first-order valence-corrected chi connectivity index (χ1v) is 5.06. The molecule has 2 heterocycles. The van der Waals surface area contributed by atoms with E-state index in [1.807, 2.05) is 6.92 Å². The van der Waals surface area contributed by atoms with Crippen LogP contribution in [-0.2, 0) is 0 Å². The molecule has 1 aliphatic heterocycles. The molecule has 4 nitrogen and oxygen atoms in total. The highest BCUT2D eigenvalue weighted by molar-refractivity contribution is 5.40. The molecule has 1 fully saturated rings. The molecule has 2 rings (SSSR count). The minimum atomic E-state index is 0.547. The van der Waals surface area contributed by atoms with Gasteiger partial charge in [-0.3, -0.25) is 9.88 Å². The fraction of sp³-hybridized carbons (Fsp3) is 0.600. The average Bonchev–Trinajstić information content (AvgIpc) is 2.13. The predicted molar refractivity (Wildman–Crippen MR) is 56.3 cm³/mol. The lowest BCUT2D eigenvalue weighted by Crippen LogP contribution is -2.54. The van der Waals surface area contributed by atoms with Crippen molar-refractivity contribution < 1.29 is 0 Å². The number of hydrogen-bond donors (Lipinski definition) is 1. The molecule has 1 aliphatic rings. The number of likely N-dealkylation sites (tertiary alicyclic amines) is 1. The standard InChI is InChI=1S/C10H16N4/c1-3-14-6-9(7-14)13-10-8(2)11-4-5-12-10/h4-5,9H,3,6-7H2,1-2H3,(H,12,13). The van der Waals surface area contributed by atoms with E-state index in [2.05, 4.69) is 27.1 Å². The van der Waals surface area contributed by atoms with Crippen molar-refractivity contribution in [3.05, 3.63) is 18.1 Å². The largest absolute Gasteiger partial charge is 0.363 e. The summed E-state index contributed by atoms with van der Waals surface area (Å²) in [6, 6.07) is 0.547. The van der Waals surface area contributed by atoms with Crippen molar-refractivity contribution in [3.8, 4) is 0 Å². The van der Waals surface area contributed by atoms with Crippen LogP contribution in [0.1, 0.15) is 12.6 Å². The molecule has 0 unspecified atom stereocenters. The van der Waals surface area contributed by atoms with Crippen LogP contribution in [0.4, 0.5) is 5.82 Å². The summed E-state index contributed by atoms with van der Waals surface area (Å²) < 4.78 is 0. The Hall–Kier alpha value is -1.16. The van der Waals surface area contributed by atoms with Gasteiger partial charge in [0.15, 0.2) is 0 Å². The van der Waals surface area contributed by atoms with Crippen molar-refractivity contribution in [1.82, 2.24) is 14.9 Å². The highest BCUT2D eigenvalue weighted by atomic mass is 15.3. The number of nitrogens with one attached hydrogen (secondary N) is 1. The molecule has 0 amide bonds. The van der Waals surface area contributed by atoms with E-state index >= 15 is 0 Å². The summed E-state index contributed by atoms with van der Waals surface area (Å²) in [5.41, 5.74) is 0.974. The molecule has 1 N–H and O–H groups in total. The van der Waals surface area contributed by atoms with Crippen LogP contribution in [0.3, 0.4) is 0 Å². The maximum absolute atomic E-state index is 4.26. The predicted octanol–water partition coefficient (Wildman–Crippen LogP) is 0.901. The third kappa shape index (κ3) is 1.85. The molecule has 0 radical (unpaired) electrons. The molecule has 1 saturated heterocycles. The lowest BCUT2D eigenvalue weighted by Gasteiger charge is -2.39. The molecular weight excluding hydrogens is 176 g/mol. The fourth-order valence-electron chi connectivity index (χ4n) is 1.66. The molecular formula is C10H16N4. The topological polar surface area (TPSA) is 41.0 Å². The second kappa shape index (κ2) is 3.92. The third-order valence-electron chi connectivity index (χ3n) is 2.63. The number of nitrogens with zero attached hydrogens (tertiary/aromatic N) is 3. The quantitative estimate of drug-likeness (QED) is 0.772. The van der Waals surface area contributed by atoms with Crippen molar-refractivity contribution in [3.63, 3.8) is 0 Å². The van der Waals surface area contributed by atoms with Crippen LogP contribution >= 0.6 is 0 Å². The van der Waals surface area contributed by atoms with Crippen molar-refractivity contribution in [1.29, 1.82) is 0 Å². The van der Waals surface area contributed by atoms with E-state index in [-0.39, 0.29) is 0 Å². The summed E-state index contributed by atoms with van der Waals surface area (Å²) in [5, 5.41) is 3.40. The van der Waals surface area contributed by atoms with Gasteiger partial charge in [-0.15, -0.1) is 0 Å². The molecule has 0 aliphatic carbocycles. The van der Waals surface area contributed by atoms with E-state index in [0.717, 1.165) is 31.1 Å². The fourth-order valence-corrected chi connectivity index (χ4v) is 1.66. The lowest BCUT2D eigenvalue weighted by molar-refractivity contribution is 0.171. The monoisotopic (exact) mass is 192 g/mol. The van der Waals surface area contributed by atoms with Crippen molar-refractivity contribution in [2.45, 2.75) is 19.9 Å². The molecule has 76 valence electrons. The summed E-state index contributed by atoms with van der Waals surface area (Å²) in [4.78, 5) is 10.8. The number of aryl methyl sites for hydroxylation is 1. The van der Waals surface area contributed by atoms with Crippen LogP contribution in [0, 0.1) is 6.92 Å². The Bertz CT molecular complexity index is 307. The average molecular weight is 192 g/mol. The SMILES string of the molecule is CCN1CC(Nc2nccnc2C)C1. The van der Waals surface area contributed by atoms with Crippen molar-refractivity contribution >= 4 is 5.82 Å². The Labute approximate surface area is 84.4 Å². The van der Waals surface area contributed by atoms with Crippen LogP contribution in [0.15, 0.2) is 12.4 Å². The maximum atomic E-state index is 4.26. The van der Waals surface area contributed by atoms with E-state index in [1.54, 1.807) is 12.4 Å². The molecule has 0 aromatic carbocycles. The van der Waals surface area contributed by atoms with Crippen molar-refractivity contribution in [2.75, 3.05) is 25.0 Å². The lowest BCUT2D eigenvalue weighted by atomic mass is 10.1. The van der Waals surface area contributed by atoms with Gasteiger partial charge in [0.1, 0.15) is 5.82 Å². The molecule has 0 spiro atoms. The van der Waals surface area contributed by atoms with Crippen molar-refractivity contribution in [2.24, 2.45) is 0 Å². The smallest absolute Gasteiger partial charge is 0.147 e. The van der Waals surface area contributed by atoms with E-state index in [0.29, 0.717) is 6.04 Å². The molecule has 0 saturated carbocycles. The molecule has 4 heteroatoms. The first-order chi connectivity index (χ1) is 6.79. The van der Waals surface area contributed by atoms with Gasteiger partial charge < -0.3 is 5.32 Å². The maximum Gasteiger partial charge on any atom is 0.147 e. The van der Waals surface area contributed by atoms with E-state index in [4.69, 9.17) is 0 Å². The van der Waals surface area contributed by atoms with E-state index in [9.17, 15) is 0 Å². The van der Waals surface area contributed by atoms with E-state index < -0.39 is 0 Å². The van der Waals surface area contributed by atoms with Crippen LogP contribution in [0.2, 0.25) is 0 Å². The number of likely N-dealkylation sites (N-methyl/N-ethyl adjacent to an activating group) is 1. The van der Waals surface area contributed by atoms with Gasteiger partial charge in [0.05, 0.1) is 11.7 Å². The minimum absolute atomic E-state index is 0.547. The second-order valence-corrected chi connectivity index (χ2v) is 3.68. The van der Waals surface area contributed by atoms with Crippen LogP contribution in [0.25, 0.3) is 0 Å². The van der Waals surface area contributed by atoms with Gasteiger partial charge in [-0.25, -0.2) is 4.98 Å². The molecule has 0 bridgehead atoms. The highest BCUT2D eigenvalue weighted by Gasteiger charge is 2.25. The normalized spacial score (nSPS) is 17.9. The molecule has 1 aromatic rings. The zero-order valence-electron chi connectivity index (χ0n) is 8.70. The first kappa shape index (κ1) is 9.40. The van der Waals surface area contributed by atoms with Gasteiger partial charge in [-0.05, 0) is 13.5 Å². The highest BCUT2D eigenvalue weighted by Crippen LogP contribution is 2.14. The number of anilines is 1. The second-order valence-electron chi connectivity index (χ2n) is 3.68. The summed E-state index contributed by atoms with van der Waals surface area (Å²) >= 11 is 0. The first-order valence-electron chi connectivity index (χ1n) is 5.06. The van der Waals surface area contributed by atoms with E-state index in [1.165, 1.54) is 0 Å². The number of hydrogen-bond acceptors (Lipinski definition) is 4. The Kier molecular flexibility index (Phi) is 2.63. The Morgan fingerprint density at radius 3 is 2.79 bits per heavy atom. The number of rotatable bonds is 3. The Morgan fingerprint density at radius 1 is 1.43 bits per heavy atom. The molecule has 14 heavy (non-hydrogen) atoms.